The summed E-state index contributed by atoms with van der Waals surface area (Å²) < 4.78 is 9.05. The van der Waals surface area contributed by atoms with E-state index in [1.54, 1.807) is 9.13 Å². The van der Waals surface area contributed by atoms with Gasteiger partial charge >= 0.3 is 5.69 Å². The number of nitrogens with one attached hydrogen (secondary N) is 1. The summed E-state index contributed by atoms with van der Waals surface area (Å²) in [5.41, 5.74) is 0.0658. The van der Waals surface area contributed by atoms with Crippen molar-refractivity contribution in [3.8, 4) is 0 Å². The maximum absolute atomic E-state index is 11.9. The molecule has 0 saturated carbocycles. The average molecular weight is 225 g/mol. The highest BCUT2D eigenvalue weighted by atomic mass is 16.5. The number of imidazole rings is 1. The van der Waals surface area contributed by atoms with Crippen molar-refractivity contribution in [2.75, 3.05) is 19.7 Å². The third-order valence-electron chi connectivity index (χ3n) is 2.79. The largest absolute Gasteiger partial charge is 0.374 e. The quantitative estimate of drug-likeness (QED) is 0.787. The van der Waals surface area contributed by atoms with Gasteiger partial charge in [0, 0.05) is 32.0 Å². The van der Waals surface area contributed by atoms with Crippen LogP contribution in [0.1, 0.15) is 13.3 Å². The highest BCUT2D eigenvalue weighted by Gasteiger charge is 2.15. The van der Waals surface area contributed by atoms with E-state index in [1.807, 2.05) is 12.4 Å². The zero-order chi connectivity index (χ0) is 11.4. The Morgan fingerprint density at radius 2 is 2.31 bits per heavy atom. The topological polar surface area (TPSA) is 48.2 Å². The fourth-order valence-electron chi connectivity index (χ4n) is 1.96. The Bertz CT molecular complexity index is 377. The number of nitrogens with zero attached hydrogens (tertiary/aromatic N) is 2. The Kier molecular flexibility index (Phi) is 3.79. The number of aryl methyl sites for hydroxylation is 1. The zero-order valence-corrected chi connectivity index (χ0v) is 9.69. The van der Waals surface area contributed by atoms with E-state index < -0.39 is 0 Å². The fourth-order valence-corrected chi connectivity index (χ4v) is 1.96. The molecule has 1 aromatic rings. The van der Waals surface area contributed by atoms with Gasteiger partial charge in [0.25, 0.3) is 0 Å². The van der Waals surface area contributed by atoms with E-state index in [0.717, 1.165) is 32.7 Å². The highest BCUT2D eigenvalue weighted by molar-refractivity contribution is 4.83. The van der Waals surface area contributed by atoms with Crippen molar-refractivity contribution in [2.24, 2.45) is 0 Å². The summed E-state index contributed by atoms with van der Waals surface area (Å²) in [5, 5.41) is 3.26. The third-order valence-corrected chi connectivity index (χ3v) is 2.79. The van der Waals surface area contributed by atoms with Gasteiger partial charge < -0.3 is 10.1 Å². The molecule has 1 unspecified atom stereocenters. The first-order chi connectivity index (χ1) is 7.81. The van der Waals surface area contributed by atoms with Crippen LogP contribution in [0.25, 0.3) is 0 Å². The van der Waals surface area contributed by atoms with Crippen molar-refractivity contribution in [1.82, 2.24) is 14.5 Å². The molecule has 5 nitrogen and oxygen atoms in total. The normalized spacial score (nSPS) is 21.2. The van der Waals surface area contributed by atoms with E-state index in [4.69, 9.17) is 4.74 Å². The van der Waals surface area contributed by atoms with E-state index in [9.17, 15) is 4.79 Å². The maximum atomic E-state index is 11.9. The Balaban J connectivity index is 2.00. The SMILES string of the molecule is CCCn1ccn(CC2CNCCO2)c1=O. The van der Waals surface area contributed by atoms with Gasteiger partial charge in [0.2, 0.25) is 0 Å². The van der Waals surface area contributed by atoms with Crippen LogP contribution in [-0.4, -0.2) is 34.9 Å². The minimum atomic E-state index is 0.0658. The van der Waals surface area contributed by atoms with Crippen molar-refractivity contribution in [3.05, 3.63) is 22.9 Å². The number of hydrogen-bond donors (Lipinski definition) is 1. The molecule has 0 radical (unpaired) electrons. The first kappa shape index (κ1) is 11.4. The van der Waals surface area contributed by atoms with Crippen molar-refractivity contribution in [1.29, 1.82) is 0 Å². The second kappa shape index (κ2) is 5.32. The van der Waals surface area contributed by atoms with E-state index in [2.05, 4.69) is 12.2 Å². The monoisotopic (exact) mass is 225 g/mol. The standard InChI is InChI=1S/C11H19N3O2/c1-2-4-13-5-6-14(11(13)15)9-10-8-12-3-7-16-10/h5-6,10,12H,2-4,7-9H2,1H3. The molecule has 90 valence electrons. The fraction of sp³-hybridized carbons (Fsp3) is 0.727. The average Bonchev–Trinajstić information content (AvgIpc) is 2.64. The summed E-state index contributed by atoms with van der Waals surface area (Å²) in [4.78, 5) is 11.9. The summed E-state index contributed by atoms with van der Waals surface area (Å²) in [6, 6.07) is 0. The summed E-state index contributed by atoms with van der Waals surface area (Å²) in [6.45, 7) is 5.96. The van der Waals surface area contributed by atoms with Crippen LogP contribution >= 0.6 is 0 Å². The van der Waals surface area contributed by atoms with Crippen molar-refractivity contribution < 1.29 is 4.74 Å². The molecule has 16 heavy (non-hydrogen) atoms. The van der Waals surface area contributed by atoms with Crippen LogP contribution in [0, 0.1) is 0 Å². The lowest BCUT2D eigenvalue weighted by Gasteiger charge is -2.23. The molecule has 0 amide bonds. The number of morpholine rings is 1. The number of ether oxygens (including phenoxy) is 1. The van der Waals surface area contributed by atoms with E-state index in [1.165, 1.54) is 0 Å². The molecule has 1 fully saturated rings. The molecule has 5 heteroatoms. The molecular formula is C11H19N3O2. The summed E-state index contributed by atoms with van der Waals surface area (Å²) in [7, 11) is 0. The Morgan fingerprint density at radius 1 is 1.50 bits per heavy atom. The molecule has 1 aromatic heterocycles. The minimum absolute atomic E-state index is 0.0658. The van der Waals surface area contributed by atoms with Gasteiger partial charge in [-0.25, -0.2) is 4.79 Å². The van der Waals surface area contributed by atoms with Gasteiger partial charge in [-0.1, -0.05) is 6.92 Å². The summed E-state index contributed by atoms with van der Waals surface area (Å²) in [5.74, 6) is 0. The Morgan fingerprint density at radius 3 is 3.00 bits per heavy atom. The molecule has 1 aliphatic rings. The van der Waals surface area contributed by atoms with Crippen LogP contribution in [0.15, 0.2) is 17.2 Å². The van der Waals surface area contributed by atoms with Crippen molar-refractivity contribution in [2.45, 2.75) is 32.5 Å². The van der Waals surface area contributed by atoms with Gasteiger partial charge in [-0.2, -0.15) is 0 Å². The van der Waals surface area contributed by atoms with Gasteiger partial charge in [-0.15, -0.1) is 0 Å². The van der Waals surface area contributed by atoms with Crippen molar-refractivity contribution in [3.63, 3.8) is 0 Å². The van der Waals surface area contributed by atoms with Crippen LogP contribution < -0.4 is 11.0 Å². The van der Waals surface area contributed by atoms with E-state index in [0.29, 0.717) is 6.54 Å². The first-order valence-electron chi connectivity index (χ1n) is 5.89. The van der Waals surface area contributed by atoms with E-state index in [-0.39, 0.29) is 11.8 Å². The summed E-state index contributed by atoms with van der Waals surface area (Å²) >= 11 is 0. The third kappa shape index (κ3) is 2.54. The highest BCUT2D eigenvalue weighted by Crippen LogP contribution is 1.99. The second-order valence-electron chi connectivity index (χ2n) is 4.12. The van der Waals surface area contributed by atoms with Gasteiger partial charge in [0.05, 0.1) is 19.3 Å². The lowest BCUT2D eigenvalue weighted by molar-refractivity contribution is 0.0176. The lowest BCUT2D eigenvalue weighted by atomic mass is 10.3. The molecule has 1 N–H and O–H groups in total. The lowest BCUT2D eigenvalue weighted by Crippen LogP contribution is -2.42. The predicted octanol–water partition coefficient (Wildman–Crippen LogP) is 0.0482. The number of hydrogen-bond acceptors (Lipinski definition) is 3. The molecule has 2 rings (SSSR count). The van der Waals surface area contributed by atoms with Gasteiger partial charge in [-0.05, 0) is 6.42 Å². The molecule has 1 saturated heterocycles. The molecule has 2 heterocycles. The predicted molar refractivity (Wildman–Crippen MR) is 61.6 cm³/mol. The smallest absolute Gasteiger partial charge is 0.328 e. The first-order valence-corrected chi connectivity index (χ1v) is 5.89. The molecule has 0 bridgehead atoms. The molecule has 1 atom stereocenters. The van der Waals surface area contributed by atoms with Crippen LogP contribution in [-0.2, 0) is 17.8 Å². The molecule has 0 spiro atoms. The molecule has 0 aromatic carbocycles. The minimum Gasteiger partial charge on any atom is -0.374 e. The molecule has 0 aliphatic carbocycles. The van der Waals surface area contributed by atoms with Gasteiger partial charge in [0.15, 0.2) is 0 Å². The van der Waals surface area contributed by atoms with Crippen molar-refractivity contribution >= 4 is 0 Å². The van der Waals surface area contributed by atoms with Gasteiger partial charge in [-0.3, -0.25) is 9.13 Å². The zero-order valence-electron chi connectivity index (χ0n) is 9.69. The molecule has 1 aliphatic heterocycles. The van der Waals surface area contributed by atoms with E-state index >= 15 is 0 Å². The number of rotatable bonds is 4. The van der Waals surface area contributed by atoms with Crippen LogP contribution in [0.4, 0.5) is 0 Å². The van der Waals surface area contributed by atoms with Gasteiger partial charge in [0.1, 0.15) is 0 Å². The molecular weight excluding hydrogens is 206 g/mol. The second-order valence-corrected chi connectivity index (χ2v) is 4.12. The van der Waals surface area contributed by atoms with Crippen LogP contribution in [0.3, 0.4) is 0 Å². The number of aromatic nitrogens is 2. The summed E-state index contributed by atoms with van der Waals surface area (Å²) in [6.07, 6.45) is 4.78. The Hall–Kier alpha value is -1.07. The van der Waals surface area contributed by atoms with Crippen LogP contribution in [0.5, 0.6) is 0 Å². The van der Waals surface area contributed by atoms with Crippen LogP contribution in [0.2, 0.25) is 0 Å². The maximum Gasteiger partial charge on any atom is 0.328 e. The Labute approximate surface area is 95.0 Å².